The summed E-state index contributed by atoms with van der Waals surface area (Å²) in [4.78, 5) is 13.7. The van der Waals surface area contributed by atoms with Gasteiger partial charge in [-0.2, -0.15) is 0 Å². The number of hydrogen-bond donors (Lipinski definition) is 1. The zero-order chi connectivity index (χ0) is 20.1. The van der Waals surface area contributed by atoms with E-state index in [1.807, 2.05) is 62.4 Å². The fourth-order valence-corrected chi connectivity index (χ4v) is 4.66. The maximum atomic E-state index is 12.8. The average Bonchev–Trinajstić information content (AvgIpc) is 2.98. The first-order valence-corrected chi connectivity index (χ1v) is 11.5. The zero-order valence-electron chi connectivity index (χ0n) is 16.0. The van der Waals surface area contributed by atoms with Gasteiger partial charge in [0, 0.05) is 44.7 Å². The fraction of sp³-hybridized carbons (Fsp3) is 0.238. The Morgan fingerprint density at radius 1 is 1.18 bits per heavy atom. The molecule has 2 aromatic carbocycles. The van der Waals surface area contributed by atoms with Gasteiger partial charge in [-0.15, -0.1) is 11.8 Å². The molecule has 1 atom stereocenters. The molecule has 1 N–H and O–H groups in total. The summed E-state index contributed by atoms with van der Waals surface area (Å²) in [6, 6.07) is 15.0. The van der Waals surface area contributed by atoms with Gasteiger partial charge >= 0.3 is 0 Å². The summed E-state index contributed by atoms with van der Waals surface area (Å²) in [5.41, 5.74) is 4.17. The lowest BCUT2D eigenvalue weighted by molar-refractivity contribution is 0.102. The van der Waals surface area contributed by atoms with Gasteiger partial charge in [0.1, 0.15) is 5.76 Å². The molecule has 5 nitrogen and oxygen atoms in total. The van der Waals surface area contributed by atoms with E-state index < -0.39 is 10.8 Å². The van der Waals surface area contributed by atoms with Crippen molar-refractivity contribution in [1.29, 1.82) is 0 Å². The van der Waals surface area contributed by atoms with Crippen molar-refractivity contribution in [2.24, 2.45) is 0 Å². The van der Waals surface area contributed by atoms with Gasteiger partial charge in [-0.25, -0.2) is 0 Å². The molecule has 1 amide bonds. The van der Waals surface area contributed by atoms with Crippen LogP contribution in [0.15, 0.2) is 57.9 Å². The van der Waals surface area contributed by atoms with Crippen molar-refractivity contribution in [2.75, 3.05) is 11.6 Å². The van der Waals surface area contributed by atoms with E-state index in [1.54, 1.807) is 18.0 Å². The fourth-order valence-electron chi connectivity index (χ4n) is 2.81. The minimum atomic E-state index is -0.927. The summed E-state index contributed by atoms with van der Waals surface area (Å²) in [5.74, 6) is 1.78. The Morgan fingerprint density at radius 3 is 2.68 bits per heavy atom. The minimum Gasteiger partial charge on any atom is -0.361 e. The summed E-state index contributed by atoms with van der Waals surface area (Å²) >= 11 is 1.58. The molecule has 0 spiro atoms. The second kappa shape index (κ2) is 9.21. The van der Waals surface area contributed by atoms with Gasteiger partial charge in [0.2, 0.25) is 0 Å². The molecule has 0 saturated carbocycles. The van der Waals surface area contributed by atoms with E-state index >= 15 is 0 Å². The summed E-state index contributed by atoms with van der Waals surface area (Å²) in [7, 11) is -0.927. The van der Waals surface area contributed by atoms with Gasteiger partial charge in [-0.05, 0) is 43.7 Å². The van der Waals surface area contributed by atoms with E-state index in [1.165, 1.54) is 0 Å². The van der Waals surface area contributed by atoms with Crippen LogP contribution in [0.4, 0.5) is 5.69 Å². The number of amides is 1. The highest BCUT2D eigenvalue weighted by molar-refractivity contribution is 7.98. The number of aromatic nitrogens is 1. The normalized spacial score (nSPS) is 12.0. The molecule has 28 heavy (non-hydrogen) atoms. The number of benzene rings is 2. The average molecular weight is 415 g/mol. The molecule has 0 aliphatic rings. The molecular weight excluding hydrogens is 392 g/mol. The molecule has 0 saturated heterocycles. The van der Waals surface area contributed by atoms with Gasteiger partial charge in [0.25, 0.3) is 5.91 Å². The highest BCUT2D eigenvalue weighted by Gasteiger charge is 2.15. The molecule has 0 bridgehead atoms. The Morgan fingerprint density at radius 2 is 1.96 bits per heavy atom. The number of nitrogens with zero attached hydrogens (tertiary/aromatic N) is 1. The van der Waals surface area contributed by atoms with Crippen LogP contribution in [-0.4, -0.2) is 21.5 Å². The standard InChI is InChI=1S/C21H22N2O3S2/c1-14-19(15(2)26-23-14)12-27-20-10-5-4-9-18(20)21(24)22-17-8-6-7-16(11-17)13-28(3)25/h4-11H,12-13H2,1-3H3,(H,22,24). The van der Waals surface area contributed by atoms with Crippen LogP contribution in [0.3, 0.4) is 0 Å². The van der Waals surface area contributed by atoms with Crippen molar-refractivity contribution in [3.8, 4) is 0 Å². The Labute approximate surface area is 171 Å². The zero-order valence-corrected chi connectivity index (χ0v) is 17.7. The first kappa shape index (κ1) is 20.4. The van der Waals surface area contributed by atoms with Crippen LogP contribution in [-0.2, 0) is 22.3 Å². The number of nitrogens with one attached hydrogen (secondary N) is 1. The van der Waals surface area contributed by atoms with Crippen molar-refractivity contribution in [3.63, 3.8) is 0 Å². The van der Waals surface area contributed by atoms with Crippen LogP contribution in [0.2, 0.25) is 0 Å². The van der Waals surface area contributed by atoms with E-state index in [4.69, 9.17) is 4.52 Å². The van der Waals surface area contributed by atoms with Crippen molar-refractivity contribution in [2.45, 2.75) is 30.2 Å². The van der Waals surface area contributed by atoms with Crippen LogP contribution in [0.5, 0.6) is 0 Å². The third kappa shape index (κ3) is 5.11. The second-order valence-electron chi connectivity index (χ2n) is 6.46. The molecule has 1 aromatic heterocycles. The Bertz CT molecular complexity index is 995. The van der Waals surface area contributed by atoms with Crippen LogP contribution in [0.25, 0.3) is 0 Å². The summed E-state index contributed by atoms with van der Waals surface area (Å²) in [6.45, 7) is 3.81. The quantitative estimate of drug-likeness (QED) is 0.567. The highest BCUT2D eigenvalue weighted by atomic mass is 32.2. The first-order chi connectivity index (χ1) is 13.4. The summed E-state index contributed by atoms with van der Waals surface area (Å²) in [5, 5.41) is 6.93. The van der Waals surface area contributed by atoms with E-state index in [9.17, 15) is 9.00 Å². The Kier molecular flexibility index (Phi) is 6.70. The first-order valence-electron chi connectivity index (χ1n) is 8.78. The summed E-state index contributed by atoms with van der Waals surface area (Å²) in [6.07, 6.45) is 1.66. The van der Waals surface area contributed by atoms with E-state index in [0.29, 0.717) is 22.8 Å². The molecular formula is C21H22N2O3S2. The predicted molar refractivity (Wildman–Crippen MR) is 114 cm³/mol. The van der Waals surface area contributed by atoms with Crippen LogP contribution < -0.4 is 5.32 Å². The maximum Gasteiger partial charge on any atom is 0.256 e. The molecule has 1 heterocycles. The third-order valence-corrected chi connectivity index (χ3v) is 6.08. The van der Waals surface area contributed by atoms with Gasteiger partial charge in [-0.1, -0.05) is 29.4 Å². The maximum absolute atomic E-state index is 12.8. The van der Waals surface area contributed by atoms with Crippen LogP contribution in [0.1, 0.15) is 32.9 Å². The number of carbonyl (C=O) groups is 1. The van der Waals surface area contributed by atoms with Crippen molar-refractivity contribution >= 4 is 34.2 Å². The van der Waals surface area contributed by atoms with E-state index in [-0.39, 0.29) is 5.91 Å². The lowest BCUT2D eigenvalue weighted by atomic mass is 10.2. The minimum absolute atomic E-state index is 0.170. The number of hydrogen-bond acceptors (Lipinski definition) is 5. The number of aryl methyl sites for hydroxylation is 2. The predicted octanol–water partition coefficient (Wildman–Crippen LogP) is 4.71. The number of anilines is 1. The Hall–Kier alpha value is -2.38. The van der Waals surface area contributed by atoms with Crippen molar-refractivity contribution in [3.05, 3.63) is 76.7 Å². The molecule has 3 rings (SSSR count). The largest absolute Gasteiger partial charge is 0.361 e. The molecule has 0 aliphatic heterocycles. The molecule has 1 unspecified atom stereocenters. The number of rotatable bonds is 7. The lowest BCUT2D eigenvalue weighted by Gasteiger charge is -2.11. The molecule has 0 aliphatic carbocycles. The molecule has 0 fully saturated rings. The molecule has 7 heteroatoms. The van der Waals surface area contributed by atoms with Gasteiger partial charge in [-0.3, -0.25) is 9.00 Å². The third-order valence-electron chi connectivity index (χ3n) is 4.24. The monoisotopic (exact) mass is 414 g/mol. The molecule has 3 aromatic rings. The topological polar surface area (TPSA) is 72.2 Å². The van der Waals surface area contributed by atoms with Crippen LogP contribution in [0, 0.1) is 13.8 Å². The smallest absolute Gasteiger partial charge is 0.256 e. The highest BCUT2D eigenvalue weighted by Crippen LogP contribution is 2.29. The van der Waals surface area contributed by atoms with Crippen molar-refractivity contribution < 1.29 is 13.5 Å². The second-order valence-corrected chi connectivity index (χ2v) is 8.91. The van der Waals surface area contributed by atoms with Gasteiger partial charge in [0.15, 0.2) is 0 Å². The van der Waals surface area contributed by atoms with Gasteiger partial charge in [0.05, 0.1) is 11.3 Å². The molecule has 146 valence electrons. The Balaban J connectivity index is 1.75. The number of thioether (sulfide) groups is 1. The SMILES string of the molecule is Cc1noc(C)c1CSc1ccccc1C(=O)Nc1cccc(CS(C)=O)c1. The van der Waals surface area contributed by atoms with Crippen LogP contribution >= 0.6 is 11.8 Å². The lowest BCUT2D eigenvalue weighted by Crippen LogP contribution is -2.13. The number of carbonyl (C=O) groups excluding carboxylic acids is 1. The molecule has 0 radical (unpaired) electrons. The van der Waals surface area contributed by atoms with Gasteiger partial charge < -0.3 is 9.84 Å². The van der Waals surface area contributed by atoms with E-state index in [0.717, 1.165) is 27.5 Å². The van der Waals surface area contributed by atoms with E-state index in [2.05, 4.69) is 10.5 Å². The summed E-state index contributed by atoms with van der Waals surface area (Å²) < 4.78 is 16.7. The van der Waals surface area contributed by atoms with Crippen molar-refractivity contribution in [1.82, 2.24) is 5.16 Å².